The standard InChI is InChI=1S/C23H24ClFN2O3/c1-14-13-16(7-10-18(14)25)21(28)19-20(15-5-8-17(24)9-6-15)27(23(30)22(19)29)12-4-11-26(2)3/h5-10,13,20,28H,4,11-12H2,1-3H3/b21-19-. The van der Waals surface area contributed by atoms with Gasteiger partial charge in [-0.05, 0) is 75.4 Å². The van der Waals surface area contributed by atoms with Gasteiger partial charge in [0.2, 0.25) is 0 Å². The minimum Gasteiger partial charge on any atom is -0.507 e. The number of carbonyl (C=O) groups excluding carboxylic acids is 2. The number of nitrogens with zero attached hydrogens (tertiary/aromatic N) is 2. The first-order valence-electron chi connectivity index (χ1n) is 9.66. The summed E-state index contributed by atoms with van der Waals surface area (Å²) in [6.07, 6.45) is 0.666. The summed E-state index contributed by atoms with van der Waals surface area (Å²) in [7, 11) is 3.86. The van der Waals surface area contributed by atoms with Crippen LogP contribution in [0.4, 0.5) is 4.39 Å². The molecule has 1 fully saturated rings. The fourth-order valence-corrected chi connectivity index (χ4v) is 3.73. The number of hydrogen-bond donors (Lipinski definition) is 1. The molecule has 158 valence electrons. The molecule has 0 spiro atoms. The molecule has 1 aliphatic heterocycles. The number of aliphatic hydroxyl groups excluding tert-OH is 1. The number of carbonyl (C=O) groups is 2. The van der Waals surface area contributed by atoms with E-state index < -0.39 is 23.5 Å². The van der Waals surface area contributed by atoms with Crippen LogP contribution in [0.2, 0.25) is 5.02 Å². The highest BCUT2D eigenvalue weighted by molar-refractivity contribution is 6.46. The number of ketones is 1. The maximum atomic E-state index is 13.7. The van der Waals surface area contributed by atoms with Crippen LogP contribution in [-0.2, 0) is 9.59 Å². The molecule has 1 aliphatic rings. The van der Waals surface area contributed by atoms with Crippen LogP contribution in [0.15, 0.2) is 48.0 Å². The minimum atomic E-state index is -0.751. The first kappa shape index (κ1) is 22.0. The van der Waals surface area contributed by atoms with Crippen LogP contribution in [0.5, 0.6) is 0 Å². The van der Waals surface area contributed by atoms with E-state index in [1.807, 2.05) is 19.0 Å². The molecule has 1 N–H and O–H groups in total. The van der Waals surface area contributed by atoms with Gasteiger partial charge in [0.15, 0.2) is 0 Å². The summed E-state index contributed by atoms with van der Waals surface area (Å²) in [6.45, 7) is 2.67. The summed E-state index contributed by atoms with van der Waals surface area (Å²) in [6, 6.07) is 10.2. The Kier molecular flexibility index (Phi) is 6.58. The molecule has 1 saturated heterocycles. The Morgan fingerprint density at radius 3 is 2.43 bits per heavy atom. The summed E-state index contributed by atoms with van der Waals surface area (Å²) >= 11 is 6.01. The molecule has 30 heavy (non-hydrogen) atoms. The number of benzene rings is 2. The summed E-state index contributed by atoms with van der Waals surface area (Å²) in [4.78, 5) is 29.2. The number of likely N-dealkylation sites (tertiary alicyclic amines) is 1. The zero-order valence-electron chi connectivity index (χ0n) is 17.2. The third kappa shape index (κ3) is 4.40. The van der Waals surface area contributed by atoms with E-state index in [4.69, 9.17) is 11.6 Å². The Morgan fingerprint density at radius 2 is 1.83 bits per heavy atom. The van der Waals surface area contributed by atoms with Crippen molar-refractivity contribution in [2.75, 3.05) is 27.2 Å². The minimum absolute atomic E-state index is 0.00168. The number of rotatable bonds is 6. The number of amides is 1. The van der Waals surface area contributed by atoms with Crippen molar-refractivity contribution in [3.05, 3.63) is 75.6 Å². The van der Waals surface area contributed by atoms with E-state index >= 15 is 0 Å². The Balaban J connectivity index is 2.10. The molecule has 1 amide bonds. The van der Waals surface area contributed by atoms with Crippen molar-refractivity contribution >= 4 is 29.1 Å². The third-order valence-electron chi connectivity index (χ3n) is 5.16. The molecule has 1 heterocycles. The molecule has 1 unspecified atom stereocenters. The third-order valence-corrected chi connectivity index (χ3v) is 5.41. The maximum Gasteiger partial charge on any atom is 0.295 e. The van der Waals surface area contributed by atoms with Crippen molar-refractivity contribution in [2.45, 2.75) is 19.4 Å². The Bertz CT molecular complexity index is 1000. The lowest BCUT2D eigenvalue weighted by Gasteiger charge is -2.26. The van der Waals surface area contributed by atoms with Crippen LogP contribution in [0, 0.1) is 12.7 Å². The second-order valence-electron chi connectivity index (χ2n) is 7.66. The first-order valence-corrected chi connectivity index (χ1v) is 10.0. The van der Waals surface area contributed by atoms with Gasteiger partial charge in [-0.15, -0.1) is 0 Å². The molecule has 2 aromatic rings. The lowest BCUT2D eigenvalue weighted by Crippen LogP contribution is -2.32. The number of hydrogen-bond acceptors (Lipinski definition) is 4. The highest BCUT2D eigenvalue weighted by Gasteiger charge is 2.45. The molecule has 2 aromatic carbocycles. The number of halogens is 2. The molecule has 7 heteroatoms. The quantitative estimate of drug-likeness (QED) is 0.424. The fourth-order valence-electron chi connectivity index (χ4n) is 3.61. The Morgan fingerprint density at radius 1 is 1.17 bits per heavy atom. The predicted molar refractivity (Wildman–Crippen MR) is 115 cm³/mol. The maximum absolute atomic E-state index is 13.7. The van der Waals surface area contributed by atoms with Gasteiger partial charge in [-0.1, -0.05) is 23.7 Å². The van der Waals surface area contributed by atoms with Gasteiger partial charge in [-0.3, -0.25) is 9.59 Å². The summed E-state index contributed by atoms with van der Waals surface area (Å²) in [5.41, 5.74) is 1.29. The van der Waals surface area contributed by atoms with Gasteiger partial charge in [0.25, 0.3) is 11.7 Å². The normalized spacial score (nSPS) is 18.5. The van der Waals surface area contributed by atoms with Gasteiger partial charge in [0.05, 0.1) is 11.6 Å². The lowest BCUT2D eigenvalue weighted by molar-refractivity contribution is -0.139. The van der Waals surface area contributed by atoms with Crippen molar-refractivity contribution in [3.63, 3.8) is 0 Å². The van der Waals surface area contributed by atoms with Gasteiger partial charge in [-0.2, -0.15) is 0 Å². The zero-order chi connectivity index (χ0) is 22.0. The highest BCUT2D eigenvalue weighted by atomic mass is 35.5. The van der Waals surface area contributed by atoms with Crippen molar-refractivity contribution in [1.29, 1.82) is 0 Å². The molecule has 0 bridgehead atoms. The fraction of sp³-hybridized carbons (Fsp3) is 0.304. The second-order valence-corrected chi connectivity index (χ2v) is 8.10. The number of aryl methyl sites for hydroxylation is 1. The van der Waals surface area contributed by atoms with E-state index in [9.17, 15) is 19.1 Å². The van der Waals surface area contributed by atoms with Crippen molar-refractivity contribution < 1.29 is 19.1 Å². The van der Waals surface area contributed by atoms with Gasteiger partial charge in [0.1, 0.15) is 11.6 Å². The van der Waals surface area contributed by atoms with E-state index in [0.29, 0.717) is 34.7 Å². The van der Waals surface area contributed by atoms with E-state index in [1.54, 1.807) is 31.2 Å². The molecule has 3 rings (SSSR count). The van der Waals surface area contributed by atoms with E-state index in [2.05, 4.69) is 0 Å². The largest absolute Gasteiger partial charge is 0.507 e. The molecule has 1 atom stereocenters. The predicted octanol–water partition coefficient (Wildman–Crippen LogP) is 4.16. The zero-order valence-corrected chi connectivity index (χ0v) is 17.9. The summed E-state index contributed by atoms with van der Waals surface area (Å²) in [5.74, 6) is -2.13. The van der Waals surface area contributed by atoms with Crippen molar-refractivity contribution in [3.8, 4) is 0 Å². The SMILES string of the molecule is Cc1cc(/C(O)=C2/C(=O)C(=O)N(CCCN(C)C)C2c2ccc(Cl)cc2)ccc1F. The molecule has 0 aromatic heterocycles. The van der Waals surface area contributed by atoms with Crippen LogP contribution in [-0.4, -0.2) is 53.8 Å². The average molecular weight is 431 g/mol. The Labute approximate surface area is 180 Å². The van der Waals surface area contributed by atoms with Crippen LogP contribution >= 0.6 is 11.6 Å². The molecular formula is C23H24ClFN2O3. The van der Waals surface area contributed by atoms with Gasteiger partial charge in [-0.25, -0.2) is 4.39 Å². The first-order chi connectivity index (χ1) is 14.2. The van der Waals surface area contributed by atoms with Gasteiger partial charge >= 0.3 is 0 Å². The molecular weight excluding hydrogens is 407 g/mol. The molecule has 0 aliphatic carbocycles. The Hall–Kier alpha value is -2.70. The summed E-state index contributed by atoms with van der Waals surface area (Å²) < 4.78 is 13.7. The van der Waals surface area contributed by atoms with Gasteiger partial charge in [0, 0.05) is 17.1 Å². The van der Waals surface area contributed by atoms with Crippen LogP contribution in [0.25, 0.3) is 5.76 Å². The monoisotopic (exact) mass is 430 g/mol. The number of aliphatic hydroxyl groups is 1. The van der Waals surface area contributed by atoms with Crippen molar-refractivity contribution in [1.82, 2.24) is 9.80 Å². The number of Topliss-reactive ketones (excluding diaryl/α,β-unsaturated/α-hetero) is 1. The van der Waals surface area contributed by atoms with E-state index in [1.165, 1.54) is 23.1 Å². The molecule has 0 saturated carbocycles. The smallest absolute Gasteiger partial charge is 0.295 e. The molecule has 0 radical (unpaired) electrons. The van der Waals surface area contributed by atoms with E-state index in [0.717, 1.165) is 6.54 Å². The van der Waals surface area contributed by atoms with E-state index in [-0.39, 0.29) is 11.3 Å². The lowest BCUT2D eigenvalue weighted by atomic mass is 9.95. The summed E-state index contributed by atoms with van der Waals surface area (Å²) in [5, 5.41) is 11.5. The average Bonchev–Trinajstić information content (AvgIpc) is 2.95. The van der Waals surface area contributed by atoms with Crippen LogP contribution in [0.1, 0.15) is 29.2 Å². The molecule has 5 nitrogen and oxygen atoms in total. The van der Waals surface area contributed by atoms with Crippen LogP contribution < -0.4 is 0 Å². The van der Waals surface area contributed by atoms with Crippen molar-refractivity contribution in [2.24, 2.45) is 0 Å². The highest BCUT2D eigenvalue weighted by Crippen LogP contribution is 2.39. The van der Waals surface area contributed by atoms with Crippen LogP contribution in [0.3, 0.4) is 0 Å². The second kappa shape index (κ2) is 8.98. The van der Waals surface area contributed by atoms with Gasteiger partial charge < -0.3 is 14.9 Å². The topological polar surface area (TPSA) is 60.9 Å².